The standard InChI is InChI=1S/C39H30N2.C35H28N2.C32H25N3/c1-40(39-17-9-15-32-13-7-8-16-38(32)39)34-24-26-36(27-25-34)41(37-23-20-30-12-5-6-14-33(30)28-37)35-21-18-31(19-22-35)29-10-3-2-4-11-29;1-36(31-14-6-3-7-15-31)32-22-24-34(25-23-32)37(35-21-18-28-12-8-9-13-30(28)26-35)33-19-16-29(17-20-33)27-10-4-2-5-11-27;1-34(32-14-8-9-25(23-32)24-33)28-19-21-31(22-20-28)35(29-12-6-3-7-13-29)30-17-15-27(16-18-30)26-10-4-2-5-11-26/h2-28H,1H3;2-26H,1H3;2-23H,1H3. The zero-order chi connectivity index (χ0) is 76.7. The lowest BCUT2D eigenvalue weighted by atomic mass is 10.0. The number of rotatable bonds is 18. The molecule has 542 valence electrons. The van der Waals surface area contributed by atoms with E-state index in [1.54, 1.807) is 0 Å². The highest BCUT2D eigenvalue weighted by Gasteiger charge is 2.19. The fourth-order valence-corrected chi connectivity index (χ4v) is 14.7. The largest absolute Gasteiger partial charge is 0.345 e. The Morgan fingerprint density at radius 2 is 0.434 bits per heavy atom. The van der Waals surface area contributed by atoms with Crippen LogP contribution in [0, 0.1) is 11.3 Å². The van der Waals surface area contributed by atoms with Crippen molar-refractivity contribution < 1.29 is 0 Å². The molecule has 18 aromatic carbocycles. The van der Waals surface area contributed by atoms with Crippen LogP contribution in [-0.4, -0.2) is 21.1 Å². The van der Waals surface area contributed by atoms with Crippen LogP contribution in [0.4, 0.5) is 85.3 Å². The average Bonchev–Trinajstić information content (AvgIpc) is 0.792. The van der Waals surface area contributed by atoms with E-state index >= 15 is 0 Å². The van der Waals surface area contributed by atoms with Crippen molar-refractivity contribution in [2.45, 2.75) is 0 Å². The van der Waals surface area contributed by atoms with E-state index in [4.69, 9.17) is 0 Å². The fraction of sp³-hybridized carbons (Fsp3) is 0.0283. The molecule has 18 rings (SSSR count). The number of nitriles is 1. The molecule has 0 amide bonds. The van der Waals surface area contributed by atoms with Crippen molar-refractivity contribution >= 4 is 118 Å². The minimum atomic E-state index is 0.653. The molecule has 0 radical (unpaired) electrons. The molecule has 113 heavy (non-hydrogen) atoms. The highest BCUT2D eigenvalue weighted by Crippen LogP contribution is 2.43. The topological polar surface area (TPSA) is 43.2 Å². The van der Waals surface area contributed by atoms with Crippen LogP contribution in [0.5, 0.6) is 0 Å². The first kappa shape index (κ1) is 72.2. The predicted octanol–water partition coefficient (Wildman–Crippen LogP) is 29.1. The summed E-state index contributed by atoms with van der Waals surface area (Å²) in [5.41, 5.74) is 24.6. The maximum atomic E-state index is 9.24. The van der Waals surface area contributed by atoms with Gasteiger partial charge in [0.15, 0.2) is 0 Å². The van der Waals surface area contributed by atoms with Crippen LogP contribution >= 0.6 is 0 Å². The lowest BCUT2D eigenvalue weighted by Gasteiger charge is -2.27. The maximum Gasteiger partial charge on any atom is 0.0992 e. The molecule has 0 aliphatic rings. The molecule has 0 saturated heterocycles. The summed E-state index contributed by atoms with van der Waals surface area (Å²) in [4.78, 5) is 13.5. The van der Waals surface area contributed by atoms with E-state index in [0.29, 0.717) is 5.56 Å². The van der Waals surface area contributed by atoms with Crippen LogP contribution in [0.15, 0.2) is 449 Å². The smallest absolute Gasteiger partial charge is 0.0992 e. The van der Waals surface area contributed by atoms with Gasteiger partial charge in [0, 0.05) is 112 Å². The summed E-state index contributed by atoms with van der Waals surface area (Å²) in [5.74, 6) is 0. The van der Waals surface area contributed by atoms with Crippen LogP contribution < -0.4 is 29.4 Å². The van der Waals surface area contributed by atoms with Gasteiger partial charge in [-0.2, -0.15) is 5.26 Å². The Morgan fingerprint density at radius 3 is 0.841 bits per heavy atom. The van der Waals surface area contributed by atoms with Crippen molar-refractivity contribution in [1.82, 2.24) is 0 Å². The molecule has 0 aliphatic heterocycles. The number of nitrogens with zero attached hydrogens (tertiary/aromatic N) is 7. The molecule has 0 unspecified atom stereocenters. The monoisotopic (exact) mass is 1450 g/mol. The molecule has 0 bridgehead atoms. The number of fused-ring (bicyclic) bond motifs is 3. The number of hydrogen-bond donors (Lipinski definition) is 0. The Bertz CT molecular complexity index is 6200. The quantitative estimate of drug-likeness (QED) is 0.0848. The second kappa shape index (κ2) is 34.1. The molecule has 18 aromatic rings. The molecular weight excluding hydrogens is 1370 g/mol. The second-order valence-corrected chi connectivity index (χ2v) is 27.9. The van der Waals surface area contributed by atoms with Gasteiger partial charge in [0.05, 0.1) is 11.6 Å². The van der Waals surface area contributed by atoms with Crippen LogP contribution in [-0.2, 0) is 0 Å². The second-order valence-electron chi connectivity index (χ2n) is 27.9. The van der Waals surface area contributed by atoms with Crippen molar-refractivity contribution in [2.75, 3.05) is 50.5 Å². The minimum absolute atomic E-state index is 0.653. The van der Waals surface area contributed by atoms with Crippen molar-refractivity contribution in [3.63, 3.8) is 0 Å². The van der Waals surface area contributed by atoms with Crippen molar-refractivity contribution in [2.24, 2.45) is 0 Å². The zero-order valence-corrected chi connectivity index (χ0v) is 63.4. The van der Waals surface area contributed by atoms with Gasteiger partial charge in [-0.05, 0) is 242 Å². The van der Waals surface area contributed by atoms with Gasteiger partial charge in [0.25, 0.3) is 0 Å². The predicted molar refractivity (Wildman–Crippen MR) is 480 cm³/mol. The number of anilines is 15. The minimum Gasteiger partial charge on any atom is -0.345 e. The molecule has 0 fully saturated rings. The van der Waals surface area contributed by atoms with E-state index < -0.39 is 0 Å². The summed E-state index contributed by atoms with van der Waals surface area (Å²) in [7, 11) is 6.26. The first-order chi connectivity index (χ1) is 55.7. The summed E-state index contributed by atoms with van der Waals surface area (Å²) in [6.45, 7) is 0. The normalized spacial score (nSPS) is 10.8. The average molecular weight is 1450 g/mol. The molecular formula is C106H83N7. The fourth-order valence-electron chi connectivity index (χ4n) is 14.7. The molecule has 7 heteroatoms. The maximum absolute atomic E-state index is 9.24. The Morgan fingerprint density at radius 1 is 0.177 bits per heavy atom. The highest BCUT2D eigenvalue weighted by atomic mass is 15.2. The van der Waals surface area contributed by atoms with E-state index in [9.17, 15) is 5.26 Å². The van der Waals surface area contributed by atoms with Crippen molar-refractivity contribution in [3.05, 3.63) is 454 Å². The van der Waals surface area contributed by atoms with Gasteiger partial charge in [-0.15, -0.1) is 0 Å². The van der Waals surface area contributed by atoms with Gasteiger partial charge < -0.3 is 29.4 Å². The summed E-state index contributed by atoms with van der Waals surface area (Å²) < 4.78 is 0. The van der Waals surface area contributed by atoms with Gasteiger partial charge in [-0.25, -0.2) is 0 Å². The molecule has 0 saturated carbocycles. The Labute approximate surface area is 663 Å². The third-order valence-corrected chi connectivity index (χ3v) is 20.8. The number of benzene rings is 18. The lowest BCUT2D eigenvalue weighted by molar-refractivity contribution is 1.20. The zero-order valence-electron chi connectivity index (χ0n) is 63.4. The van der Waals surface area contributed by atoms with Crippen molar-refractivity contribution in [3.8, 4) is 39.4 Å². The van der Waals surface area contributed by atoms with Gasteiger partial charge in [0.2, 0.25) is 0 Å². The molecule has 0 spiro atoms. The first-order valence-corrected chi connectivity index (χ1v) is 38.2. The SMILES string of the molecule is CN(c1ccc(N(c2ccc(-c3ccccc3)cc2)c2ccc3ccccc3c2)cc1)c1cccc2ccccc12.CN(c1ccc(N(c2ccccc2)c2ccc(-c3ccccc3)cc2)cc1)c1cccc(C#N)c1.CN(c1ccccc1)c1ccc(N(c2ccc(-c3ccccc3)cc2)c2ccc3ccccc3c2)cc1. The van der Waals surface area contributed by atoms with Gasteiger partial charge in [-0.1, -0.05) is 267 Å². The van der Waals surface area contributed by atoms with E-state index in [0.717, 1.165) is 79.6 Å². The number of hydrogen-bond acceptors (Lipinski definition) is 7. The van der Waals surface area contributed by atoms with Gasteiger partial charge in [-0.3, -0.25) is 0 Å². The van der Waals surface area contributed by atoms with Crippen LogP contribution in [0.1, 0.15) is 5.56 Å². The molecule has 0 aromatic heterocycles. The first-order valence-electron chi connectivity index (χ1n) is 38.2. The summed E-state index contributed by atoms with van der Waals surface area (Å²) in [5, 5.41) is 16.7. The summed E-state index contributed by atoms with van der Waals surface area (Å²) in [6, 6.07) is 160. The van der Waals surface area contributed by atoms with Gasteiger partial charge in [0.1, 0.15) is 0 Å². The third kappa shape index (κ3) is 16.6. The summed E-state index contributed by atoms with van der Waals surface area (Å²) in [6.07, 6.45) is 0. The molecule has 0 N–H and O–H groups in total. The Hall–Kier alpha value is -15.0. The van der Waals surface area contributed by atoms with Crippen LogP contribution in [0.2, 0.25) is 0 Å². The van der Waals surface area contributed by atoms with Gasteiger partial charge >= 0.3 is 0 Å². The van der Waals surface area contributed by atoms with Crippen LogP contribution in [0.3, 0.4) is 0 Å². The highest BCUT2D eigenvalue weighted by molar-refractivity contribution is 5.97. The van der Waals surface area contributed by atoms with Crippen molar-refractivity contribution in [1.29, 1.82) is 5.26 Å². The molecule has 0 heterocycles. The van der Waals surface area contributed by atoms with E-state index in [2.05, 4.69) is 456 Å². The molecule has 0 atom stereocenters. The Balaban J connectivity index is 0.000000128. The van der Waals surface area contributed by atoms with E-state index in [1.165, 1.54) is 71.4 Å². The number of para-hydroxylation sites is 2. The third-order valence-electron chi connectivity index (χ3n) is 20.8. The lowest BCUT2D eigenvalue weighted by Crippen LogP contribution is -2.12. The van der Waals surface area contributed by atoms with Crippen LogP contribution in [0.25, 0.3) is 65.7 Å². The van der Waals surface area contributed by atoms with E-state index in [-0.39, 0.29) is 0 Å². The summed E-state index contributed by atoms with van der Waals surface area (Å²) >= 11 is 0. The molecule has 7 nitrogen and oxygen atoms in total. The molecule has 0 aliphatic carbocycles. The van der Waals surface area contributed by atoms with E-state index in [1.807, 2.05) is 49.5 Å². The Kier molecular flexibility index (Phi) is 21.8.